The Balaban J connectivity index is 1.42. The lowest BCUT2D eigenvalue weighted by Gasteiger charge is -2.38. The van der Waals surface area contributed by atoms with Crippen molar-refractivity contribution in [2.45, 2.75) is 17.9 Å². The Morgan fingerprint density at radius 1 is 1.14 bits per heavy atom. The molecule has 28 heavy (non-hydrogen) atoms. The Labute approximate surface area is 169 Å². The number of anilines is 1. The molecule has 0 bridgehead atoms. The van der Waals surface area contributed by atoms with Crippen LogP contribution in [0, 0.1) is 0 Å². The van der Waals surface area contributed by atoms with Crippen LogP contribution < -0.4 is 4.90 Å². The molecule has 1 aliphatic heterocycles. The highest BCUT2D eigenvalue weighted by atomic mass is 32.2. The standard InChI is InChI=1S/C19H24N6OS2/c1-14(15-4-5-18-17(10-15)23-13-27-18)24-6-8-25(9-7-24)19-21-11-16(12-22-19)28(3,26)20-2/h4-5,10-14H,6-9H2,1-3H3. The molecular weight excluding hydrogens is 392 g/mol. The van der Waals surface area contributed by atoms with Crippen LogP contribution in [0.25, 0.3) is 10.2 Å². The second-order valence-corrected chi connectivity index (χ2v) is 10.3. The number of thiazole rings is 1. The molecule has 3 aromatic rings. The van der Waals surface area contributed by atoms with E-state index in [1.807, 2.05) is 5.51 Å². The molecule has 0 saturated carbocycles. The third-order valence-corrected chi connectivity index (χ3v) is 7.97. The predicted molar refractivity (Wildman–Crippen MR) is 115 cm³/mol. The van der Waals surface area contributed by atoms with E-state index in [9.17, 15) is 4.21 Å². The van der Waals surface area contributed by atoms with Crippen molar-refractivity contribution in [3.8, 4) is 0 Å². The Morgan fingerprint density at radius 2 is 1.86 bits per heavy atom. The zero-order valence-electron chi connectivity index (χ0n) is 16.3. The van der Waals surface area contributed by atoms with Crippen molar-refractivity contribution in [2.24, 2.45) is 4.36 Å². The summed E-state index contributed by atoms with van der Waals surface area (Å²) in [6.07, 6.45) is 4.87. The highest BCUT2D eigenvalue weighted by molar-refractivity contribution is 7.93. The van der Waals surface area contributed by atoms with Crippen molar-refractivity contribution in [1.82, 2.24) is 19.9 Å². The first-order valence-electron chi connectivity index (χ1n) is 9.22. The minimum Gasteiger partial charge on any atom is -0.338 e. The summed E-state index contributed by atoms with van der Waals surface area (Å²) >= 11 is 1.68. The van der Waals surface area contributed by atoms with Crippen molar-refractivity contribution < 1.29 is 4.21 Å². The number of aromatic nitrogens is 3. The van der Waals surface area contributed by atoms with Gasteiger partial charge in [-0.25, -0.2) is 23.5 Å². The molecule has 9 heteroatoms. The van der Waals surface area contributed by atoms with E-state index in [4.69, 9.17) is 0 Å². The molecule has 1 saturated heterocycles. The molecule has 0 radical (unpaired) electrons. The molecule has 0 aliphatic carbocycles. The Bertz CT molecular complexity index is 1080. The minimum atomic E-state index is -2.39. The fourth-order valence-corrected chi connectivity index (χ4v) is 4.79. The summed E-state index contributed by atoms with van der Waals surface area (Å²) in [4.78, 5) is 18.5. The van der Waals surface area contributed by atoms with E-state index in [1.165, 1.54) is 10.3 Å². The molecule has 3 heterocycles. The van der Waals surface area contributed by atoms with E-state index in [-0.39, 0.29) is 0 Å². The second-order valence-electron chi connectivity index (χ2n) is 6.98. The van der Waals surface area contributed by atoms with Crippen LogP contribution in [0.15, 0.2) is 45.4 Å². The smallest absolute Gasteiger partial charge is 0.225 e. The van der Waals surface area contributed by atoms with Gasteiger partial charge in [0.25, 0.3) is 0 Å². The summed E-state index contributed by atoms with van der Waals surface area (Å²) < 4.78 is 17.5. The van der Waals surface area contributed by atoms with Crippen LogP contribution in [0.4, 0.5) is 5.95 Å². The number of nitrogens with zero attached hydrogens (tertiary/aromatic N) is 6. The van der Waals surface area contributed by atoms with E-state index in [0.717, 1.165) is 31.7 Å². The Kier molecular flexibility index (Phi) is 5.31. The molecule has 1 aromatic carbocycles. The molecule has 1 fully saturated rings. The maximum absolute atomic E-state index is 12.3. The van der Waals surface area contributed by atoms with Gasteiger partial charge < -0.3 is 4.90 Å². The number of fused-ring (bicyclic) bond motifs is 1. The molecule has 4 rings (SSSR count). The van der Waals surface area contributed by atoms with Gasteiger partial charge in [-0.2, -0.15) is 0 Å². The minimum absolute atomic E-state index is 0.340. The summed E-state index contributed by atoms with van der Waals surface area (Å²) in [5.74, 6) is 0.686. The van der Waals surface area contributed by atoms with Gasteiger partial charge in [0.2, 0.25) is 5.95 Å². The SMILES string of the molecule is CN=S(C)(=O)c1cnc(N2CCN(C(C)c3ccc4scnc4c3)CC2)nc1. The van der Waals surface area contributed by atoms with Gasteiger partial charge in [0, 0.05) is 57.9 Å². The largest absolute Gasteiger partial charge is 0.338 e. The average Bonchev–Trinajstić information content (AvgIpc) is 3.21. The fourth-order valence-electron chi connectivity index (χ4n) is 3.43. The lowest BCUT2D eigenvalue weighted by atomic mass is 10.1. The summed E-state index contributed by atoms with van der Waals surface area (Å²) in [6, 6.07) is 6.91. The van der Waals surface area contributed by atoms with Crippen molar-refractivity contribution in [3.63, 3.8) is 0 Å². The molecule has 2 atom stereocenters. The fraction of sp³-hybridized carbons (Fsp3) is 0.421. The maximum atomic E-state index is 12.3. The Morgan fingerprint density at radius 3 is 2.54 bits per heavy atom. The number of piperazine rings is 1. The Hall–Kier alpha value is -2.10. The summed E-state index contributed by atoms with van der Waals surface area (Å²) in [5.41, 5.74) is 4.27. The molecule has 2 unspecified atom stereocenters. The van der Waals surface area contributed by atoms with E-state index in [1.54, 1.807) is 37.0 Å². The number of hydrogen-bond donors (Lipinski definition) is 0. The highest BCUT2D eigenvalue weighted by Crippen LogP contribution is 2.27. The molecule has 0 N–H and O–H groups in total. The van der Waals surface area contributed by atoms with Gasteiger partial charge in [-0.05, 0) is 24.6 Å². The lowest BCUT2D eigenvalue weighted by Crippen LogP contribution is -2.47. The normalized spacial score (nSPS) is 18.8. The van der Waals surface area contributed by atoms with Crippen LogP contribution in [0.1, 0.15) is 18.5 Å². The number of benzene rings is 1. The first kappa shape index (κ1) is 19.2. The zero-order chi connectivity index (χ0) is 19.7. The quantitative estimate of drug-likeness (QED) is 0.651. The van der Waals surface area contributed by atoms with Crippen molar-refractivity contribution >= 4 is 37.2 Å². The van der Waals surface area contributed by atoms with E-state index < -0.39 is 9.73 Å². The summed E-state index contributed by atoms with van der Waals surface area (Å²) in [5, 5.41) is 0. The van der Waals surface area contributed by atoms with Crippen LogP contribution in [-0.4, -0.2) is 63.5 Å². The first-order valence-corrected chi connectivity index (χ1v) is 12.0. The molecular formula is C19H24N6OS2. The molecule has 7 nitrogen and oxygen atoms in total. The predicted octanol–water partition coefficient (Wildman–Crippen LogP) is 3.06. The van der Waals surface area contributed by atoms with Gasteiger partial charge in [0.15, 0.2) is 0 Å². The molecule has 1 aliphatic rings. The highest BCUT2D eigenvalue weighted by Gasteiger charge is 2.24. The van der Waals surface area contributed by atoms with Gasteiger partial charge in [0.05, 0.1) is 30.4 Å². The van der Waals surface area contributed by atoms with Gasteiger partial charge >= 0.3 is 0 Å². The third-order valence-electron chi connectivity index (χ3n) is 5.38. The summed E-state index contributed by atoms with van der Waals surface area (Å²) in [7, 11) is -0.831. The van der Waals surface area contributed by atoms with Gasteiger partial charge in [-0.3, -0.25) is 4.90 Å². The average molecular weight is 417 g/mol. The maximum Gasteiger partial charge on any atom is 0.225 e. The van der Waals surface area contributed by atoms with Crippen LogP contribution in [0.5, 0.6) is 0 Å². The van der Waals surface area contributed by atoms with E-state index >= 15 is 0 Å². The number of hydrogen-bond acceptors (Lipinski definition) is 8. The van der Waals surface area contributed by atoms with Gasteiger partial charge in [-0.15, -0.1) is 11.3 Å². The lowest BCUT2D eigenvalue weighted by molar-refractivity contribution is 0.198. The summed E-state index contributed by atoms with van der Waals surface area (Å²) in [6.45, 7) is 5.86. The molecule has 0 amide bonds. The van der Waals surface area contributed by atoms with Crippen LogP contribution in [0.3, 0.4) is 0 Å². The van der Waals surface area contributed by atoms with Gasteiger partial charge in [-0.1, -0.05) is 6.07 Å². The monoisotopic (exact) mass is 416 g/mol. The van der Waals surface area contributed by atoms with E-state index in [0.29, 0.717) is 16.9 Å². The van der Waals surface area contributed by atoms with Crippen molar-refractivity contribution in [3.05, 3.63) is 41.7 Å². The third kappa shape index (κ3) is 3.74. The first-order chi connectivity index (χ1) is 13.5. The van der Waals surface area contributed by atoms with E-state index in [2.05, 4.69) is 54.2 Å². The zero-order valence-corrected chi connectivity index (χ0v) is 17.9. The van der Waals surface area contributed by atoms with Crippen molar-refractivity contribution in [1.29, 1.82) is 0 Å². The molecule has 148 valence electrons. The van der Waals surface area contributed by atoms with Crippen molar-refractivity contribution in [2.75, 3.05) is 44.4 Å². The van der Waals surface area contributed by atoms with Crippen LogP contribution >= 0.6 is 11.3 Å². The van der Waals surface area contributed by atoms with Crippen LogP contribution in [0.2, 0.25) is 0 Å². The van der Waals surface area contributed by atoms with Crippen LogP contribution in [-0.2, 0) is 9.73 Å². The number of rotatable bonds is 4. The molecule has 0 spiro atoms. The topological polar surface area (TPSA) is 74.6 Å². The molecule has 2 aromatic heterocycles. The second kappa shape index (κ2) is 7.73. The van der Waals surface area contributed by atoms with Gasteiger partial charge in [0.1, 0.15) is 0 Å².